The maximum atomic E-state index is 9.33. The molecule has 0 amide bonds. The van der Waals surface area contributed by atoms with Crippen LogP contribution in [0.15, 0.2) is 23.2 Å². The van der Waals surface area contributed by atoms with Gasteiger partial charge in [-0.2, -0.15) is 0 Å². The van der Waals surface area contributed by atoms with Crippen molar-refractivity contribution >= 4 is 5.71 Å². The summed E-state index contributed by atoms with van der Waals surface area (Å²) >= 11 is 0. The number of aryl methyl sites for hydroxylation is 1. The van der Waals surface area contributed by atoms with Crippen LogP contribution in [0.1, 0.15) is 42.4 Å². The number of fused-ring (bicyclic) bond motifs is 1. The van der Waals surface area contributed by atoms with E-state index in [1.165, 1.54) is 16.7 Å². The summed E-state index contributed by atoms with van der Waals surface area (Å²) in [6.07, 6.45) is 1.67. The molecule has 0 aromatic heterocycles. The molecule has 2 rings (SSSR count). The molecule has 0 aliphatic carbocycles. The van der Waals surface area contributed by atoms with Gasteiger partial charge >= 0.3 is 0 Å². The van der Waals surface area contributed by atoms with Gasteiger partial charge in [0.2, 0.25) is 0 Å². The Hall–Kier alpha value is -1.19. The Morgan fingerprint density at radius 2 is 2.05 bits per heavy atom. The zero-order valence-corrected chi connectivity index (χ0v) is 12.0. The smallest absolute Gasteiger partial charge is 0.0594 e. The van der Waals surface area contributed by atoms with Crippen molar-refractivity contribution in [1.82, 2.24) is 0 Å². The van der Waals surface area contributed by atoms with Crippen molar-refractivity contribution in [3.63, 3.8) is 0 Å². The molecule has 2 atom stereocenters. The summed E-state index contributed by atoms with van der Waals surface area (Å²) < 4.78 is 5.18. The first-order valence-electron chi connectivity index (χ1n) is 6.92. The summed E-state index contributed by atoms with van der Waals surface area (Å²) in [4.78, 5) is 4.83. The molecule has 0 fully saturated rings. The van der Waals surface area contributed by atoms with Crippen LogP contribution >= 0.6 is 0 Å². The highest BCUT2D eigenvalue weighted by Crippen LogP contribution is 2.35. The van der Waals surface area contributed by atoms with Gasteiger partial charge in [-0.15, -0.1) is 0 Å². The Kier molecular flexibility index (Phi) is 4.72. The van der Waals surface area contributed by atoms with Gasteiger partial charge in [-0.25, -0.2) is 0 Å². The summed E-state index contributed by atoms with van der Waals surface area (Å²) in [5.74, 6) is 0.305. The van der Waals surface area contributed by atoms with Gasteiger partial charge in [0.25, 0.3) is 0 Å². The number of rotatable bonds is 5. The lowest BCUT2D eigenvalue weighted by atomic mass is 9.80. The van der Waals surface area contributed by atoms with E-state index in [4.69, 9.17) is 9.73 Å². The third-order valence-corrected chi connectivity index (χ3v) is 3.88. The quantitative estimate of drug-likeness (QED) is 0.885. The minimum absolute atomic E-state index is 0.204. The highest BCUT2D eigenvalue weighted by molar-refractivity contribution is 6.01. The highest BCUT2D eigenvalue weighted by Gasteiger charge is 2.29. The van der Waals surface area contributed by atoms with Crippen molar-refractivity contribution in [2.45, 2.75) is 38.6 Å². The van der Waals surface area contributed by atoms with Crippen molar-refractivity contribution in [2.24, 2.45) is 4.99 Å². The Balaban J connectivity index is 2.36. The molecular weight excluding hydrogens is 238 g/mol. The molecule has 0 radical (unpaired) electrons. The van der Waals surface area contributed by atoms with Crippen LogP contribution in [0.3, 0.4) is 0 Å². The number of methoxy groups -OCH3 is 1. The molecule has 1 aliphatic rings. The van der Waals surface area contributed by atoms with Crippen molar-refractivity contribution in [1.29, 1.82) is 0 Å². The Morgan fingerprint density at radius 3 is 2.74 bits per heavy atom. The molecule has 19 heavy (non-hydrogen) atoms. The first-order valence-corrected chi connectivity index (χ1v) is 6.92. The van der Waals surface area contributed by atoms with Crippen LogP contribution in [0.25, 0.3) is 0 Å². The molecular formula is C16H23NO2. The molecule has 0 spiro atoms. The molecule has 1 aromatic carbocycles. The average Bonchev–Trinajstić information content (AvgIpc) is 2.40. The van der Waals surface area contributed by atoms with Gasteiger partial charge in [-0.1, -0.05) is 17.7 Å². The van der Waals surface area contributed by atoms with Gasteiger partial charge in [0.05, 0.1) is 6.04 Å². The van der Waals surface area contributed by atoms with E-state index in [9.17, 15) is 5.11 Å². The minimum Gasteiger partial charge on any atom is -0.396 e. The van der Waals surface area contributed by atoms with Gasteiger partial charge < -0.3 is 9.84 Å². The second kappa shape index (κ2) is 6.31. The molecule has 1 aromatic rings. The van der Waals surface area contributed by atoms with Gasteiger partial charge in [0, 0.05) is 32.0 Å². The second-order valence-electron chi connectivity index (χ2n) is 5.27. The molecule has 104 valence electrons. The Labute approximate surface area is 115 Å². The Morgan fingerprint density at radius 1 is 1.26 bits per heavy atom. The lowest BCUT2D eigenvalue weighted by molar-refractivity contribution is 0.180. The maximum absolute atomic E-state index is 9.33. The molecule has 1 heterocycles. The molecule has 0 saturated carbocycles. The predicted molar refractivity (Wildman–Crippen MR) is 78.1 cm³/mol. The van der Waals surface area contributed by atoms with Crippen molar-refractivity contribution < 1.29 is 9.84 Å². The van der Waals surface area contributed by atoms with E-state index in [0.717, 1.165) is 18.6 Å². The normalized spacial score (nSPS) is 22.0. The lowest BCUT2D eigenvalue weighted by Crippen LogP contribution is -2.27. The maximum Gasteiger partial charge on any atom is 0.0594 e. The number of aliphatic imine (C=N–C) groups is 1. The zero-order valence-electron chi connectivity index (χ0n) is 12.0. The highest BCUT2D eigenvalue weighted by atomic mass is 16.5. The van der Waals surface area contributed by atoms with Crippen molar-refractivity contribution in [2.75, 3.05) is 20.3 Å². The standard InChI is InChI=1S/C16H23NO2/c1-11-4-5-13-14(6-8-18)16(7-9-19-3)17-12(2)15(13)10-11/h4-5,10,14,16,18H,6-9H2,1-3H3. The minimum atomic E-state index is 0.204. The molecule has 2 unspecified atom stereocenters. The first kappa shape index (κ1) is 14.2. The second-order valence-corrected chi connectivity index (χ2v) is 5.27. The molecule has 0 bridgehead atoms. The van der Waals surface area contributed by atoms with E-state index in [2.05, 4.69) is 32.0 Å². The number of hydrogen-bond acceptors (Lipinski definition) is 3. The third kappa shape index (κ3) is 3.04. The number of hydrogen-bond donors (Lipinski definition) is 1. The summed E-state index contributed by atoms with van der Waals surface area (Å²) in [6.45, 7) is 5.10. The van der Waals surface area contributed by atoms with E-state index in [0.29, 0.717) is 12.5 Å². The van der Waals surface area contributed by atoms with Crippen LogP contribution in [0.5, 0.6) is 0 Å². The first-order chi connectivity index (χ1) is 9.17. The SMILES string of the molecule is COCCC1N=C(C)c2cc(C)ccc2C1CCO. The third-order valence-electron chi connectivity index (χ3n) is 3.88. The number of aliphatic hydroxyl groups is 1. The zero-order chi connectivity index (χ0) is 13.8. The fourth-order valence-corrected chi connectivity index (χ4v) is 2.91. The predicted octanol–water partition coefficient (Wildman–Crippen LogP) is 2.69. The van der Waals surface area contributed by atoms with Gasteiger partial charge in [-0.3, -0.25) is 4.99 Å². The number of benzene rings is 1. The summed E-state index contributed by atoms with van der Waals surface area (Å²) in [6, 6.07) is 6.77. The van der Waals surface area contributed by atoms with E-state index in [1.54, 1.807) is 7.11 Å². The van der Waals surface area contributed by atoms with Gasteiger partial charge in [0.1, 0.15) is 0 Å². The summed E-state index contributed by atoms with van der Waals surface area (Å²) in [7, 11) is 1.72. The van der Waals surface area contributed by atoms with Crippen LogP contribution in [0.4, 0.5) is 0 Å². The van der Waals surface area contributed by atoms with Crippen LogP contribution < -0.4 is 0 Å². The van der Waals surface area contributed by atoms with Gasteiger partial charge in [-0.05, 0) is 43.9 Å². The molecule has 3 heteroatoms. The molecule has 1 aliphatic heterocycles. The number of nitrogens with zero attached hydrogens (tertiary/aromatic N) is 1. The number of aliphatic hydroxyl groups excluding tert-OH is 1. The van der Waals surface area contributed by atoms with E-state index in [1.807, 2.05) is 0 Å². The van der Waals surface area contributed by atoms with E-state index in [-0.39, 0.29) is 12.6 Å². The van der Waals surface area contributed by atoms with E-state index < -0.39 is 0 Å². The van der Waals surface area contributed by atoms with Crippen LogP contribution in [-0.2, 0) is 4.74 Å². The van der Waals surface area contributed by atoms with E-state index >= 15 is 0 Å². The van der Waals surface area contributed by atoms with Gasteiger partial charge in [0.15, 0.2) is 0 Å². The molecule has 3 nitrogen and oxygen atoms in total. The van der Waals surface area contributed by atoms with Crippen LogP contribution in [0.2, 0.25) is 0 Å². The summed E-state index contributed by atoms with van der Waals surface area (Å²) in [5, 5.41) is 9.33. The van der Waals surface area contributed by atoms with Crippen LogP contribution in [-0.4, -0.2) is 37.2 Å². The lowest BCUT2D eigenvalue weighted by Gasteiger charge is -2.31. The summed E-state index contributed by atoms with van der Waals surface area (Å²) in [5.41, 5.74) is 4.93. The monoisotopic (exact) mass is 261 g/mol. The van der Waals surface area contributed by atoms with Crippen LogP contribution in [0, 0.1) is 6.92 Å². The molecule has 1 N–H and O–H groups in total. The molecule has 0 saturated heterocycles. The average molecular weight is 261 g/mol. The largest absolute Gasteiger partial charge is 0.396 e. The van der Waals surface area contributed by atoms with Crippen molar-refractivity contribution in [3.8, 4) is 0 Å². The Bertz CT molecular complexity index is 468. The van der Waals surface area contributed by atoms with Crippen molar-refractivity contribution in [3.05, 3.63) is 34.9 Å². The fourth-order valence-electron chi connectivity index (χ4n) is 2.91. The fraction of sp³-hybridized carbons (Fsp3) is 0.562. The topological polar surface area (TPSA) is 41.8 Å². The number of ether oxygens (including phenoxy) is 1.